The molecule has 2 aromatic carbocycles. The molecule has 0 bridgehead atoms. The van der Waals surface area contributed by atoms with Crippen molar-refractivity contribution in [1.29, 1.82) is 0 Å². The van der Waals surface area contributed by atoms with E-state index in [1.807, 2.05) is 6.07 Å². The summed E-state index contributed by atoms with van der Waals surface area (Å²) in [5.74, 6) is 0.279. The Hall–Kier alpha value is -3.43. The fraction of sp³-hybridized carbons (Fsp3) is 0.391. The number of nitrogens with zero attached hydrogens (tertiary/aromatic N) is 2. The second-order valence-corrected chi connectivity index (χ2v) is 8.52. The lowest BCUT2D eigenvalue weighted by Crippen LogP contribution is -2.41. The lowest BCUT2D eigenvalue weighted by atomic mass is 10.1. The van der Waals surface area contributed by atoms with E-state index in [0.717, 1.165) is 17.7 Å². The molecule has 0 aliphatic carbocycles. The standard InChI is InChI=1S/C23H25F3N2O5/c1-22(2,3)33-21(31)28(20(29)30)12-6-11-27-17-8-5-4-7-15(17)14-32-19-10-9-16(13-18(19)27)23(24,25)26/h4-5,7-10,13H,6,11-12,14H2,1-3H3,(H,29,30). The number of rotatable bonds is 4. The van der Waals surface area contributed by atoms with Gasteiger partial charge in [0.05, 0.1) is 11.3 Å². The minimum absolute atomic E-state index is 0.140. The highest BCUT2D eigenvalue weighted by molar-refractivity contribution is 5.86. The van der Waals surface area contributed by atoms with Crippen molar-refractivity contribution < 1.29 is 37.3 Å². The van der Waals surface area contributed by atoms with Crippen LogP contribution in [0.15, 0.2) is 42.5 Å². The summed E-state index contributed by atoms with van der Waals surface area (Å²) in [6.45, 7) is 4.97. The molecule has 1 heterocycles. The second-order valence-electron chi connectivity index (χ2n) is 8.52. The molecule has 33 heavy (non-hydrogen) atoms. The monoisotopic (exact) mass is 466 g/mol. The molecule has 0 fully saturated rings. The number of halogens is 3. The maximum atomic E-state index is 13.4. The predicted molar refractivity (Wildman–Crippen MR) is 115 cm³/mol. The maximum Gasteiger partial charge on any atom is 0.419 e. The first-order valence-electron chi connectivity index (χ1n) is 10.3. The van der Waals surface area contributed by atoms with E-state index in [4.69, 9.17) is 9.47 Å². The van der Waals surface area contributed by atoms with Gasteiger partial charge in [-0.3, -0.25) is 0 Å². The maximum absolute atomic E-state index is 13.4. The summed E-state index contributed by atoms with van der Waals surface area (Å²) in [6.07, 6.45) is -6.86. The van der Waals surface area contributed by atoms with Gasteiger partial charge in [0.1, 0.15) is 18.0 Å². The van der Waals surface area contributed by atoms with Gasteiger partial charge in [0.2, 0.25) is 0 Å². The Morgan fingerprint density at radius 2 is 1.82 bits per heavy atom. The number of carbonyl (C=O) groups excluding carboxylic acids is 1. The topological polar surface area (TPSA) is 79.3 Å². The molecule has 178 valence electrons. The molecule has 1 N–H and O–H groups in total. The molecular formula is C23H25F3N2O5. The Balaban J connectivity index is 1.88. The number of alkyl halides is 3. The fourth-order valence-electron chi connectivity index (χ4n) is 3.42. The van der Waals surface area contributed by atoms with Crippen LogP contribution in [0.4, 0.5) is 34.1 Å². The molecule has 2 aromatic rings. The van der Waals surface area contributed by atoms with Gasteiger partial charge in [0.25, 0.3) is 0 Å². The van der Waals surface area contributed by atoms with Crippen molar-refractivity contribution in [3.8, 4) is 5.75 Å². The molecule has 0 aromatic heterocycles. The van der Waals surface area contributed by atoms with Gasteiger partial charge in [-0.2, -0.15) is 13.2 Å². The van der Waals surface area contributed by atoms with Gasteiger partial charge in [-0.1, -0.05) is 18.2 Å². The van der Waals surface area contributed by atoms with Gasteiger partial charge in [0, 0.05) is 24.3 Å². The van der Waals surface area contributed by atoms with Crippen LogP contribution in [-0.2, 0) is 17.5 Å². The highest BCUT2D eigenvalue weighted by Gasteiger charge is 2.33. The average Bonchev–Trinajstić information content (AvgIpc) is 2.85. The number of ether oxygens (including phenoxy) is 2. The zero-order valence-corrected chi connectivity index (χ0v) is 18.5. The highest BCUT2D eigenvalue weighted by atomic mass is 19.4. The number of fused-ring (bicyclic) bond motifs is 2. The van der Waals surface area contributed by atoms with E-state index in [1.54, 1.807) is 43.9 Å². The average molecular weight is 466 g/mol. The van der Waals surface area contributed by atoms with Gasteiger partial charge >= 0.3 is 18.4 Å². The number of hydrogen-bond acceptors (Lipinski definition) is 5. The van der Waals surface area contributed by atoms with Crippen molar-refractivity contribution in [3.63, 3.8) is 0 Å². The summed E-state index contributed by atoms with van der Waals surface area (Å²) in [5, 5.41) is 9.43. The third kappa shape index (κ3) is 5.88. The normalized spacial score (nSPS) is 13.3. The van der Waals surface area contributed by atoms with Crippen LogP contribution in [0.1, 0.15) is 38.3 Å². The van der Waals surface area contributed by atoms with Crippen LogP contribution in [0.2, 0.25) is 0 Å². The van der Waals surface area contributed by atoms with E-state index in [1.165, 1.54) is 6.07 Å². The molecule has 0 spiro atoms. The van der Waals surface area contributed by atoms with E-state index in [9.17, 15) is 27.9 Å². The molecule has 0 saturated carbocycles. The molecule has 0 saturated heterocycles. The first kappa shape index (κ1) is 24.2. The minimum Gasteiger partial charge on any atom is -0.487 e. The van der Waals surface area contributed by atoms with Gasteiger partial charge in [0.15, 0.2) is 0 Å². The second kappa shape index (κ2) is 9.21. The molecule has 1 aliphatic heterocycles. The lowest BCUT2D eigenvalue weighted by molar-refractivity contribution is -0.137. The van der Waals surface area contributed by atoms with Crippen LogP contribution in [0.5, 0.6) is 5.75 Å². The lowest BCUT2D eigenvalue weighted by Gasteiger charge is -2.28. The van der Waals surface area contributed by atoms with Crippen molar-refractivity contribution >= 4 is 23.6 Å². The molecule has 0 radical (unpaired) electrons. The molecule has 0 unspecified atom stereocenters. The van der Waals surface area contributed by atoms with Crippen molar-refractivity contribution in [2.24, 2.45) is 0 Å². The first-order chi connectivity index (χ1) is 15.4. The third-order valence-corrected chi connectivity index (χ3v) is 4.85. The van der Waals surface area contributed by atoms with Crippen LogP contribution < -0.4 is 9.64 Å². The molecule has 2 amide bonds. The summed E-state index contributed by atoms with van der Waals surface area (Å²) in [5.41, 5.74) is -0.0676. The minimum atomic E-state index is -4.54. The number of benzene rings is 2. The Morgan fingerprint density at radius 1 is 1.12 bits per heavy atom. The number of anilines is 2. The van der Waals surface area contributed by atoms with Gasteiger partial charge in [-0.05, 0) is 51.5 Å². The zero-order valence-electron chi connectivity index (χ0n) is 18.5. The van der Waals surface area contributed by atoms with E-state index in [2.05, 4.69) is 0 Å². The smallest absolute Gasteiger partial charge is 0.419 e. The molecular weight excluding hydrogens is 441 g/mol. The van der Waals surface area contributed by atoms with E-state index in [0.29, 0.717) is 10.6 Å². The van der Waals surface area contributed by atoms with Crippen LogP contribution >= 0.6 is 0 Å². The van der Waals surface area contributed by atoms with E-state index >= 15 is 0 Å². The van der Waals surface area contributed by atoms with Crippen molar-refractivity contribution in [1.82, 2.24) is 4.90 Å². The Morgan fingerprint density at radius 3 is 2.45 bits per heavy atom. The van der Waals surface area contributed by atoms with Crippen molar-refractivity contribution in [2.75, 3.05) is 18.0 Å². The summed E-state index contributed by atoms with van der Waals surface area (Å²) in [7, 11) is 0. The van der Waals surface area contributed by atoms with Crippen molar-refractivity contribution in [2.45, 2.75) is 45.6 Å². The van der Waals surface area contributed by atoms with Gasteiger partial charge in [-0.25, -0.2) is 14.5 Å². The van der Waals surface area contributed by atoms with Gasteiger partial charge in [-0.15, -0.1) is 0 Å². The predicted octanol–water partition coefficient (Wildman–Crippen LogP) is 6.04. The van der Waals surface area contributed by atoms with Crippen LogP contribution in [0.3, 0.4) is 0 Å². The number of carbonyl (C=O) groups is 2. The molecule has 0 atom stereocenters. The SMILES string of the molecule is CC(C)(C)OC(=O)N(CCCN1c2ccccc2COc2ccc(C(F)(F)F)cc21)C(=O)O. The summed E-state index contributed by atoms with van der Waals surface area (Å²) in [6, 6.07) is 10.4. The number of amides is 2. The summed E-state index contributed by atoms with van der Waals surface area (Å²) in [4.78, 5) is 26.0. The Bertz CT molecular complexity index is 1030. The molecule has 1 aliphatic rings. The molecule has 3 rings (SSSR count). The van der Waals surface area contributed by atoms with E-state index in [-0.39, 0.29) is 37.6 Å². The Kier molecular flexibility index (Phi) is 6.76. The quantitative estimate of drug-likeness (QED) is 0.592. The van der Waals surface area contributed by atoms with Gasteiger partial charge < -0.3 is 19.5 Å². The number of imide groups is 1. The fourth-order valence-corrected chi connectivity index (χ4v) is 3.42. The van der Waals surface area contributed by atoms with Crippen LogP contribution in [0, 0.1) is 0 Å². The number of hydrogen-bond donors (Lipinski definition) is 1. The summed E-state index contributed by atoms with van der Waals surface area (Å²) < 4.78 is 51.0. The first-order valence-corrected chi connectivity index (χ1v) is 10.3. The summed E-state index contributed by atoms with van der Waals surface area (Å²) >= 11 is 0. The highest BCUT2D eigenvalue weighted by Crippen LogP contribution is 2.42. The molecule has 7 nitrogen and oxygen atoms in total. The Labute approximate surface area is 189 Å². The van der Waals surface area contributed by atoms with Crippen LogP contribution in [0.25, 0.3) is 0 Å². The van der Waals surface area contributed by atoms with E-state index < -0.39 is 29.5 Å². The third-order valence-electron chi connectivity index (χ3n) is 4.85. The largest absolute Gasteiger partial charge is 0.487 e. The number of para-hydroxylation sites is 1. The number of carboxylic acid groups (broad SMARTS) is 1. The van der Waals surface area contributed by atoms with Crippen LogP contribution in [-0.4, -0.2) is 40.9 Å². The molecule has 10 heteroatoms. The van der Waals surface area contributed by atoms with Crippen molar-refractivity contribution in [3.05, 3.63) is 53.6 Å². The zero-order chi connectivity index (χ0) is 24.4.